The molecule has 0 spiro atoms. The van der Waals surface area contributed by atoms with Crippen LogP contribution in [-0.2, 0) is 11.8 Å². The van der Waals surface area contributed by atoms with E-state index >= 15 is 0 Å². The van der Waals surface area contributed by atoms with Gasteiger partial charge in [0, 0.05) is 15.9 Å². The predicted molar refractivity (Wildman–Crippen MR) is 56.2 cm³/mol. The van der Waals surface area contributed by atoms with E-state index in [9.17, 15) is 8.78 Å². The minimum Gasteiger partial charge on any atom is -0.251 e. The number of hydrogen-bond acceptors (Lipinski definition) is 2. The van der Waals surface area contributed by atoms with Gasteiger partial charge in [0.2, 0.25) is 0 Å². The van der Waals surface area contributed by atoms with Crippen LogP contribution in [0, 0.1) is 11.3 Å². The molecule has 1 aromatic heterocycles. The summed E-state index contributed by atoms with van der Waals surface area (Å²) in [7, 11) is 0. The number of nitrogens with zero attached hydrogens (tertiary/aromatic N) is 2. The minimum atomic E-state index is -2.72. The van der Waals surface area contributed by atoms with Gasteiger partial charge < -0.3 is 0 Å². The number of pyridine rings is 1. The predicted octanol–water partition coefficient (Wildman–Crippen LogP) is 3.63. The molecule has 0 unspecified atom stereocenters. The largest absolute Gasteiger partial charge is 0.280 e. The fourth-order valence-electron chi connectivity index (χ4n) is 1.11. The van der Waals surface area contributed by atoms with Crippen LogP contribution in [-0.4, -0.2) is 4.98 Å². The maximum absolute atomic E-state index is 12.6. The van der Waals surface area contributed by atoms with Crippen molar-refractivity contribution in [2.75, 3.05) is 0 Å². The first-order valence-electron chi connectivity index (χ1n) is 3.99. The molecule has 0 aromatic carbocycles. The number of hydrogen-bond donors (Lipinski definition) is 0. The molecule has 0 fully saturated rings. The maximum atomic E-state index is 12.6. The van der Waals surface area contributed by atoms with Crippen LogP contribution >= 0.6 is 27.5 Å². The number of aromatic nitrogens is 1. The molecule has 0 radical (unpaired) electrons. The van der Waals surface area contributed by atoms with Crippen molar-refractivity contribution in [3.8, 4) is 6.07 Å². The Hall–Kier alpha value is -0.730. The highest BCUT2D eigenvalue weighted by molar-refractivity contribution is 9.08. The highest BCUT2D eigenvalue weighted by Gasteiger charge is 2.18. The summed E-state index contributed by atoms with van der Waals surface area (Å²) < 4.78 is 25.2. The molecule has 1 rings (SSSR count). The van der Waals surface area contributed by atoms with Crippen molar-refractivity contribution in [2.24, 2.45) is 0 Å². The number of rotatable bonds is 3. The minimum absolute atomic E-state index is 0.110. The SMILES string of the molecule is N#CCc1c(Cl)cc(CBr)nc1C(F)F. The average Bonchev–Trinajstić information content (AvgIpc) is 2.20. The summed E-state index contributed by atoms with van der Waals surface area (Å²) in [6.07, 6.45) is -2.88. The molecule has 1 aromatic rings. The quantitative estimate of drug-likeness (QED) is 0.798. The molecule has 0 amide bonds. The summed E-state index contributed by atoms with van der Waals surface area (Å²) in [6, 6.07) is 3.27. The molecule has 0 aliphatic rings. The number of halogens is 4. The van der Waals surface area contributed by atoms with Gasteiger partial charge in [0.05, 0.1) is 18.2 Å². The molecule has 0 aliphatic carbocycles. The Balaban J connectivity index is 3.30. The molecule has 15 heavy (non-hydrogen) atoms. The second-order valence-electron chi connectivity index (χ2n) is 2.73. The Kier molecular flexibility index (Phi) is 4.43. The third-order valence-electron chi connectivity index (χ3n) is 1.75. The Morgan fingerprint density at radius 2 is 2.27 bits per heavy atom. The first kappa shape index (κ1) is 12.3. The van der Waals surface area contributed by atoms with E-state index in [0.717, 1.165) is 0 Å². The zero-order valence-corrected chi connectivity index (χ0v) is 9.82. The van der Waals surface area contributed by atoms with Gasteiger partial charge in [-0.3, -0.25) is 4.98 Å². The standard InChI is InChI=1S/C9H6BrClF2N2/c10-4-5-3-7(11)6(1-2-14)8(15-5)9(12)13/h3,9H,1,4H2. The van der Waals surface area contributed by atoms with Crippen molar-refractivity contribution in [3.05, 3.63) is 28.0 Å². The molecule has 80 valence electrons. The van der Waals surface area contributed by atoms with Gasteiger partial charge in [-0.05, 0) is 6.07 Å². The van der Waals surface area contributed by atoms with E-state index in [1.807, 2.05) is 0 Å². The smallest absolute Gasteiger partial charge is 0.251 e. The Morgan fingerprint density at radius 1 is 1.60 bits per heavy atom. The fourth-order valence-corrected chi connectivity index (χ4v) is 1.69. The zero-order valence-electron chi connectivity index (χ0n) is 7.48. The van der Waals surface area contributed by atoms with E-state index in [0.29, 0.717) is 11.0 Å². The second kappa shape index (κ2) is 5.38. The summed E-state index contributed by atoms with van der Waals surface area (Å²) in [4.78, 5) is 3.74. The lowest BCUT2D eigenvalue weighted by Gasteiger charge is -2.08. The fraction of sp³-hybridized carbons (Fsp3) is 0.333. The molecular weight excluding hydrogens is 289 g/mol. The van der Waals surface area contributed by atoms with Crippen molar-refractivity contribution in [2.45, 2.75) is 18.2 Å². The van der Waals surface area contributed by atoms with Crippen molar-refractivity contribution < 1.29 is 8.78 Å². The third kappa shape index (κ3) is 2.86. The Bertz CT molecular complexity index is 404. The van der Waals surface area contributed by atoms with Crippen molar-refractivity contribution in [3.63, 3.8) is 0 Å². The van der Waals surface area contributed by atoms with E-state index in [1.54, 1.807) is 6.07 Å². The van der Waals surface area contributed by atoms with Crippen molar-refractivity contribution in [1.29, 1.82) is 5.26 Å². The number of alkyl halides is 3. The molecule has 2 nitrogen and oxygen atoms in total. The van der Waals surface area contributed by atoms with E-state index in [1.165, 1.54) is 6.07 Å². The molecular formula is C9H6BrClF2N2. The summed E-state index contributed by atoms with van der Waals surface area (Å²) in [6.45, 7) is 0. The first-order valence-corrected chi connectivity index (χ1v) is 5.49. The van der Waals surface area contributed by atoms with Crippen LogP contribution in [0.3, 0.4) is 0 Å². The normalized spacial score (nSPS) is 10.4. The van der Waals surface area contributed by atoms with Crippen LogP contribution in [0.25, 0.3) is 0 Å². The van der Waals surface area contributed by atoms with Crippen LogP contribution in [0.2, 0.25) is 5.02 Å². The molecule has 1 heterocycles. The van der Waals surface area contributed by atoms with Crippen molar-refractivity contribution >= 4 is 27.5 Å². The van der Waals surface area contributed by atoms with E-state index in [4.69, 9.17) is 16.9 Å². The lowest BCUT2D eigenvalue weighted by Crippen LogP contribution is -2.02. The van der Waals surface area contributed by atoms with Gasteiger partial charge in [-0.15, -0.1) is 0 Å². The summed E-state index contributed by atoms with van der Waals surface area (Å²) in [5, 5.41) is 9.00. The lowest BCUT2D eigenvalue weighted by molar-refractivity contribution is 0.145. The molecule has 0 saturated heterocycles. The van der Waals surface area contributed by atoms with E-state index < -0.39 is 12.1 Å². The summed E-state index contributed by atoms with van der Waals surface area (Å²) >= 11 is 8.90. The van der Waals surface area contributed by atoms with Gasteiger partial charge in [0.25, 0.3) is 6.43 Å². The molecule has 0 bridgehead atoms. The first-order chi connectivity index (χ1) is 7.10. The van der Waals surface area contributed by atoms with Crippen LogP contribution in [0.1, 0.15) is 23.4 Å². The van der Waals surface area contributed by atoms with Crippen LogP contribution in [0.5, 0.6) is 0 Å². The lowest BCUT2D eigenvalue weighted by atomic mass is 10.1. The molecule has 0 atom stereocenters. The van der Waals surface area contributed by atoms with Gasteiger partial charge >= 0.3 is 0 Å². The monoisotopic (exact) mass is 294 g/mol. The third-order valence-corrected chi connectivity index (χ3v) is 2.67. The average molecular weight is 296 g/mol. The van der Waals surface area contributed by atoms with Gasteiger partial charge in [-0.1, -0.05) is 27.5 Å². The summed E-state index contributed by atoms with van der Waals surface area (Å²) in [5.74, 6) is 0. The topological polar surface area (TPSA) is 36.7 Å². The van der Waals surface area contributed by atoms with Gasteiger partial charge in [-0.2, -0.15) is 5.26 Å². The van der Waals surface area contributed by atoms with Crippen LogP contribution in [0.15, 0.2) is 6.07 Å². The van der Waals surface area contributed by atoms with Gasteiger partial charge in [-0.25, -0.2) is 8.78 Å². The van der Waals surface area contributed by atoms with E-state index in [2.05, 4.69) is 20.9 Å². The van der Waals surface area contributed by atoms with E-state index in [-0.39, 0.29) is 17.0 Å². The zero-order chi connectivity index (χ0) is 11.4. The summed E-state index contributed by atoms with van der Waals surface area (Å²) in [5.41, 5.74) is 0.134. The molecule has 0 saturated carbocycles. The van der Waals surface area contributed by atoms with Gasteiger partial charge in [0.15, 0.2) is 0 Å². The molecule has 0 aliphatic heterocycles. The highest BCUT2D eigenvalue weighted by atomic mass is 79.9. The molecule has 0 N–H and O–H groups in total. The highest BCUT2D eigenvalue weighted by Crippen LogP contribution is 2.28. The second-order valence-corrected chi connectivity index (χ2v) is 3.70. The number of nitriles is 1. The van der Waals surface area contributed by atoms with Crippen LogP contribution < -0.4 is 0 Å². The van der Waals surface area contributed by atoms with Crippen LogP contribution in [0.4, 0.5) is 8.78 Å². The van der Waals surface area contributed by atoms with Crippen molar-refractivity contribution in [1.82, 2.24) is 4.98 Å². The Labute approximate surface area is 99.0 Å². The van der Waals surface area contributed by atoms with Gasteiger partial charge in [0.1, 0.15) is 5.69 Å². The molecule has 6 heteroatoms. The maximum Gasteiger partial charge on any atom is 0.280 e. The Morgan fingerprint density at radius 3 is 2.73 bits per heavy atom.